The van der Waals surface area contributed by atoms with Gasteiger partial charge in [0.25, 0.3) is 5.91 Å². The molecule has 0 fully saturated rings. The molecule has 1 atom stereocenters. The second-order valence-electron chi connectivity index (χ2n) is 5.06. The molecule has 2 N–H and O–H groups in total. The molecule has 0 aliphatic carbocycles. The van der Waals surface area contributed by atoms with Gasteiger partial charge in [-0.15, -0.1) is 0 Å². The van der Waals surface area contributed by atoms with Gasteiger partial charge < -0.3 is 15.1 Å². The van der Waals surface area contributed by atoms with E-state index in [4.69, 9.17) is 4.42 Å². The molecule has 1 heterocycles. The lowest BCUT2D eigenvalue weighted by molar-refractivity contribution is -0.121. The first-order valence-electron chi connectivity index (χ1n) is 7.46. The summed E-state index contributed by atoms with van der Waals surface area (Å²) in [5.74, 6) is -0.172. The van der Waals surface area contributed by atoms with Crippen LogP contribution in [0.15, 0.2) is 51.6 Å². The Hall–Kier alpha value is -2.08. The van der Waals surface area contributed by atoms with Crippen molar-refractivity contribution in [3.63, 3.8) is 0 Å². The van der Waals surface area contributed by atoms with Crippen molar-refractivity contribution in [1.29, 1.82) is 0 Å². The fourth-order valence-corrected chi connectivity index (χ4v) is 2.43. The zero-order valence-electron chi connectivity index (χ0n) is 12.8. The maximum atomic E-state index is 12.0. The molecule has 2 rings (SSSR count). The van der Waals surface area contributed by atoms with Crippen LogP contribution < -0.4 is 10.6 Å². The number of hydrogen-bond acceptors (Lipinski definition) is 3. The lowest BCUT2D eigenvalue weighted by atomic mass is 10.0. The molecule has 5 nitrogen and oxygen atoms in total. The average molecular weight is 379 g/mol. The van der Waals surface area contributed by atoms with Gasteiger partial charge in [-0.25, -0.2) is 0 Å². The second-order valence-corrected chi connectivity index (χ2v) is 5.98. The first-order chi connectivity index (χ1) is 11.1. The van der Waals surface area contributed by atoms with Crippen molar-refractivity contribution in [2.75, 3.05) is 6.54 Å². The molecule has 0 saturated heterocycles. The summed E-state index contributed by atoms with van der Waals surface area (Å²) in [6.45, 7) is 2.29. The van der Waals surface area contributed by atoms with Gasteiger partial charge in [0.05, 0.1) is 12.3 Å². The zero-order chi connectivity index (χ0) is 16.7. The van der Waals surface area contributed by atoms with Crippen molar-refractivity contribution in [3.05, 3.63) is 58.5 Å². The topological polar surface area (TPSA) is 71.3 Å². The molecule has 6 heteroatoms. The van der Waals surface area contributed by atoms with E-state index in [1.165, 1.54) is 6.26 Å². The van der Waals surface area contributed by atoms with E-state index in [0.29, 0.717) is 0 Å². The maximum Gasteiger partial charge on any atom is 0.286 e. The van der Waals surface area contributed by atoms with Crippen LogP contribution in [0.25, 0.3) is 0 Å². The number of halogens is 1. The van der Waals surface area contributed by atoms with Crippen LogP contribution in [-0.2, 0) is 4.79 Å². The van der Waals surface area contributed by atoms with Crippen LogP contribution in [0.2, 0.25) is 0 Å². The summed E-state index contributed by atoms with van der Waals surface area (Å²) >= 11 is 3.40. The quantitative estimate of drug-likeness (QED) is 0.774. The monoisotopic (exact) mass is 378 g/mol. The summed E-state index contributed by atoms with van der Waals surface area (Å²) in [7, 11) is 0. The molecule has 1 aromatic carbocycles. The number of carbonyl (C=O) groups is 2. The van der Waals surface area contributed by atoms with Gasteiger partial charge in [0, 0.05) is 17.4 Å². The van der Waals surface area contributed by atoms with E-state index >= 15 is 0 Å². The number of amides is 2. The number of carbonyl (C=O) groups excluding carboxylic acids is 2. The Labute approximate surface area is 143 Å². The van der Waals surface area contributed by atoms with Gasteiger partial charge in [0.2, 0.25) is 5.91 Å². The van der Waals surface area contributed by atoms with Gasteiger partial charge >= 0.3 is 0 Å². The Morgan fingerprint density at radius 1 is 1.22 bits per heavy atom. The van der Waals surface area contributed by atoms with Crippen LogP contribution in [-0.4, -0.2) is 18.4 Å². The third-order valence-electron chi connectivity index (χ3n) is 3.40. The van der Waals surface area contributed by atoms with Crippen molar-refractivity contribution in [2.45, 2.75) is 25.8 Å². The number of furan rings is 1. The number of rotatable bonds is 7. The molecule has 2 amide bonds. The first-order valence-corrected chi connectivity index (χ1v) is 8.26. The van der Waals surface area contributed by atoms with Crippen LogP contribution in [0.1, 0.15) is 41.9 Å². The minimum absolute atomic E-state index is 0.0311. The molecule has 0 unspecified atom stereocenters. The lowest BCUT2D eigenvalue weighted by Gasteiger charge is -2.17. The summed E-state index contributed by atoms with van der Waals surface area (Å²) < 4.78 is 5.99. The molecule has 0 radical (unpaired) electrons. The van der Waals surface area contributed by atoms with Crippen molar-refractivity contribution in [3.8, 4) is 0 Å². The van der Waals surface area contributed by atoms with Crippen LogP contribution in [0.5, 0.6) is 0 Å². The molecular formula is C17H19BrN2O3. The van der Waals surface area contributed by atoms with E-state index in [9.17, 15) is 9.59 Å². The molecular weight excluding hydrogens is 360 g/mol. The minimum Gasteiger partial charge on any atom is -0.459 e. The fraction of sp³-hybridized carbons (Fsp3) is 0.294. The van der Waals surface area contributed by atoms with Crippen LogP contribution >= 0.6 is 15.9 Å². The van der Waals surface area contributed by atoms with E-state index < -0.39 is 0 Å². The Kier molecular flexibility index (Phi) is 6.40. The highest BCUT2D eigenvalue weighted by molar-refractivity contribution is 9.10. The summed E-state index contributed by atoms with van der Waals surface area (Å²) in [4.78, 5) is 23.7. The molecule has 0 bridgehead atoms. The van der Waals surface area contributed by atoms with E-state index in [1.807, 2.05) is 31.2 Å². The average Bonchev–Trinajstić information content (AvgIpc) is 3.08. The van der Waals surface area contributed by atoms with Crippen molar-refractivity contribution >= 4 is 27.7 Å². The molecule has 0 spiro atoms. The van der Waals surface area contributed by atoms with Gasteiger partial charge in [0.15, 0.2) is 5.76 Å². The Morgan fingerprint density at radius 3 is 2.57 bits per heavy atom. The van der Waals surface area contributed by atoms with E-state index in [-0.39, 0.29) is 36.6 Å². The molecule has 0 aliphatic rings. The van der Waals surface area contributed by atoms with Gasteiger partial charge in [0.1, 0.15) is 0 Å². The number of hydrogen-bond donors (Lipinski definition) is 2. The van der Waals surface area contributed by atoms with Gasteiger partial charge in [-0.1, -0.05) is 35.0 Å². The van der Waals surface area contributed by atoms with E-state index in [1.54, 1.807) is 12.1 Å². The van der Waals surface area contributed by atoms with Crippen molar-refractivity contribution < 1.29 is 14.0 Å². The number of benzene rings is 1. The van der Waals surface area contributed by atoms with Gasteiger partial charge in [-0.05, 0) is 36.2 Å². The van der Waals surface area contributed by atoms with Gasteiger partial charge in [-0.2, -0.15) is 0 Å². The third-order valence-corrected chi connectivity index (χ3v) is 3.93. The highest BCUT2D eigenvalue weighted by Crippen LogP contribution is 2.19. The lowest BCUT2D eigenvalue weighted by Crippen LogP contribution is -2.32. The maximum absolute atomic E-state index is 12.0. The van der Waals surface area contributed by atoms with Crippen molar-refractivity contribution in [1.82, 2.24) is 10.6 Å². The second kappa shape index (κ2) is 8.53. The summed E-state index contributed by atoms with van der Waals surface area (Å²) in [5, 5.41) is 5.64. The normalized spacial score (nSPS) is 11.7. The zero-order valence-corrected chi connectivity index (χ0v) is 14.4. The minimum atomic E-state index is -0.317. The largest absolute Gasteiger partial charge is 0.459 e. The van der Waals surface area contributed by atoms with Crippen molar-refractivity contribution in [2.24, 2.45) is 0 Å². The molecule has 2 aromatic rings. The Balaban J connectivity index is 1.79. The van der Waals surface area contributed by atoms with E-state index in [0.717, 1.165) is 16.5 Å². The smallest absolute Gasteiger partial charge is 0.286 e. The molecule has 0 saturated carbocycles. The summed E-state index contributed by atoms with van der Waals surface area (Å²) in [5.41, 5.74) is 1.06. The standard InChI is InChI=1S/C17H19BrN2O3/c1-2-14(12-5-7-13(18)8-6-12)20-16(21)9-10-19-17(22)15-4-3-11-23-15/h3-8,11,14H,2,9-10H2,1H3,(H,19,22)(H,20,21)/t14-/m1/s1. The summed E-state index contributed by atoms with van der Waals surface area (Å²) in [6.07, 6.45) is 2.46. The number of nitrogens with one attached hydrogen (secondary N) is 2. The third kappa shape index (κ3) is 5.25. The Bertz CT molecular complexity index is 638. The van der Waals surface area contributed by atoms with Gasteiger partial charge in [-0.3, -0.25) is 9.59 Å². The van der Waals surface area contributed by atoms with Crippen LogP contribution in [0.4, 0.5) is 0 Å². The SMILES string of the molecule is CC[C@@H](NC(=O)CCNC(=O)c1ccco1)c1ccc(Br)cc1. The molecule has 0 aliphatic heterocycles. The first kappa shape index (κ1) is 17.3. The molecule has 23 heavy (non-hydrogen) atoms. The summed E-state index contributed by atoms with van der Waals surface area (Å²) in [6, 6.07) is 11.1. The molecule has 122 valence electrons. The molecule has 1 aromatic heterocycles. The van der Waals surface area contributed by atoms with E-state index in [2.05, 4.69) is 26.6 Å². The highest BCUT2D eigenvalue weighted by atomic mass is 79.9. The predicted molar refractivity (Wildman–Crippen MR) is 91.0 cm³/mol. The highest BCUT2D eigenvalue weighted by Gasteiger charge is 2.13. The predicted octanol–water partition coefficient (Wildman–Crippen LogP) is 3.43. The van der Waals surface area contributed by atoms with Crippen LogP contribution in [0.3, 0.4) is 0 Å². The Morgan fingerprint density at radius 2 is 1.96 bits per heavy atom. The van der Waals surface area contributed by atoms with Crippen LogP contribution in [0, 0.1) is 0 Å². The fourth-order valence-electron chi connectivity index (χ4n) is 2.17.